The van der Waals surface area contributed by atoms with Crippen molar-refractivity contribution in [2.45, 2.75) is 19.9 Å². The zero-order valence-corrected chi connectivity index (χ0v) is 11.8. The molecule has 0 aliphatic rings. The van der Waals surface area contributed by atoms with Crippen molar-refractivity contribution in [2.24, 2.45) is 0 Å². The van der Waals surface area contributed by atoms with Crippen molar-refractivity contribution in [3.63, 3.8) is 0 Å². The molecular formula is C17H16N2O2. The van der Waals surface area contributed by atoms with E-state index in [1.165, 1.54) is 11.1 Å². The predicted octanol–water partition coefficient (Wildman–Crippen LogP) is 3.35. The van der Waals surface area contributed by atoms with Crippen LogP contribution in [0.2, 0.25) is 0 Å². The van der Waals surface area contributed by atoms with E-state index in [0.717, 1.165) is 17.5 Å². The largest absolute Gasteiger partial charge is 0.478 e. The molecule has 0 bridgehead atoms. The minimum atomic E-state index is -0.919. The Morgan fingerprint density at radius 3 is 2.52 bits per heavy atom. The Kier molecular flexibility index (Phi) is 3.44. The molecule has 4 nitrogen and oxygen atoms in total. The molecule has 0 atom stereocenters. The second-order valence-electron chi connectivity index (χ2n) is 5.05. The molecule has 0 radical (unpaired) electrons. The van der Waals surface area contributed by atoms with Crippen molar-refractivity contribution in [2.75, 3.05) is 0 Å². The Bertz CT molecular complexity index is 788. The van der Waals surface area contributed by atoms with Gasteiger partial charge in [-0.25, -0.2) is 9.78 Å². The van der Waals surface area contributed by atoms with E-state index in [2.05, 4.69) is 36.2 Å². The number of nitrogens with zero attached hydrogens (tertiary/aromatic N) is 2. The first kappa shape index (κ1) is 13.4. The first-order chi connectivity index (χ1) is 10.2. The lowest BCUT2D eigenvalue weighted by atomic mass is 10.1. The van der Waals surface area contributed by atoms with Crippen LogP contribution in [0.25, 0.3) is 11.0 Å². The van der Waals surface area contributed by atoms with Gasteiger partial charge in [0.25, 0.3) is 0 Å². The predicted molar refractivity (Wildman–Crippen MR) is 81.6 cm³/mol. The summed E-state index contributed by atoms with van der Waals surface area (Å²) in [5, 5.41) is 9.09. The number of carbonyl (C=O) groups is 1. The van der Waals surface area contributed by atoms with Crippen LogP contribution in [-0.2, 0) is 13.0 Å². The van der Waals surface area contributed by atoms with Gasteiger partial charge >= 0.3 is 5.97 Å². The maximum Gasteiger partial charge on any atom is 0.335 e. The maximum absolute atomic E-state index is 11.1. The summed E-state index contributed by atoms with van der Waals surface area (Å²) >= 11 is 0. The fourth-order valence-electron chi connectivity index (χ4n) is 2.39. The summed E-state index contributed by atoms with van der Waals surface area (Å²) < 4.78 is 1.97. The second-order valence-corrected chi connectivity index (χ2v) is 5.05. The Morgan fingerprint density at radius 2 is 1.86 bits per heavy atom. The summed E-state index contributed by atoms with van der Waals surface area (Å²) in [7, 11) is 0. The summed E-state index contributed by atoms with van der Waals surface area (Å²) in [6.45, 7) is 2.81. The normalized spacial score (nSPS) is 10.9. The summed E-state index contributed by atoms with van der Waals surface area (Å²) in [6, 6.07) is 13.4. The average Bonchev–Trinajstić information content (AvgIpc) is 2.90. The summed E-state index contributed by atoms with van der Waals surface area (Å²) in [5.74, 6) is -0.919. The van der Waals surface area contributed by atoms with Crippen molar-refractivity contribution in [1.82, 2.24) is 9.55 Å². The van der Waals surface area contributed by atoms with E-state index in [-0.39, 0.29) is 5.56 Å². The molecule has 0 unspecified atom stereocenters. The Balaban J connectivity index is 1.95. The van der Waals surface area contributed by atoms with Crippen LogP contribution in [0.3, 0.4) is 0 Å². The number of carboxylic acid groups (broad SMARTS) is 1. The smallest absolute Gasteiger partial charge is 0.335 e. The number of hydrogen-bond donors (Lipinski definition) is 1. The highest BCUT2D eigenvalue weighted by Gasteiger charge is 2.08. The molecule has 0 spiro atoms. The van der Waals surface area contributed by atoms with Crippen LogP contribution >= 0.6 is 0 Å². The van der Waals surface area contributed by atoms with Crippen LogP contribution in [0.5, 0.6) is 0 Å². The molecule has 1 heterocycles. The molecule has 0 saturated carbocycles. The molecule has 0 saturated heterocycles. The Morgan fingerprint density at radius 1 is 1.14 bits per heavy atom. The number of rotatable bonds is 4. The maximum atomic E-state index is 11.1. The van der Waals surface area contributed by atoms with Gasteiger partial charge in [-0.2, -0.15) is 0 Å². The first-order valence-corrected chi connectivity index (χ1v) is 6.93. The number of aromatic carboxylic acids is 1. The van der Waals surface area contributed by atoms with E-state index in [0.29, 0.717) is 6.54 Å². The molecule has 1 N–H and O–H groups in total. The zero-order chi connectivity index (χ0) is 14.8. The van der Waals surface area contributed by atoms with Crippen molar-refractivity contribution in [3.05, 3.63) is 65.5 Å². The number of fused-ring (bicyclic) bond motifs is 1. The molecule has 106 valence electrons. The molecule has 4 heteroatoms. The number of carboxylic acids is 1. The quantitative estimate of drug-likeness (QED) is 0.797. The third-order valence-electron chi connectivity index (χ3n) is 3.65. The third kappa shape index (κ3) is 2.65. The van der Waals surface area contributed by atoms with Crippen LogP contribution in [0.15, 0.2) is 48.8 Å². The Labute approximate surface area is 122 Å². The van der Waals surface area contributed by atoms with E-state index >= 15 is 0 Å². The fraction of sp³-hybridized carbons (Fsp3) is 0.176. The number of aromatic nitrogens is 2. The summed E-state index contributed by atoms with van der Waals surface area (Å²) in [4.78, 5) is 15.4. The third-order valence-corrected chi connectivity index (χ3v) is 3.65. The highest BCUT2D eigenvalue weighted by molar-refractivity contribution is 5.92. The van der Waals surface area contributed by atoms with Gasteiger partial charge in [-0.15, -0.1) is 0 Å². The molecule has 3 aromatic rings. The van der Waals surface area contributed by atoms with Gasteiger partial charge in [0, 0.05) is 6.54 Å². The van der Waals surface area contributed by atoms with Crippen LogP contribution in [0, 0.1) is 0 Å². The molecule has 2 aromatic carbocycles. The van der Waals surface area contributed by atoms with Crippen LogP contribution < -0.4 is 0 Å². The van der Waals surface area contributed by atoms with Gasteiger partial charge < -0.3 is 9.67 Å². The van der Waals surface area contributed by atoms with Gasteiger partial charge in [0.2, 0.25) is 0 Å². The molecule has 0 aliphatic carbocycles. The second kappa shape index (κ2) is 5.40. The molecule has 0 fully saturated rings. The van der Waals surface area contributed by atoms with Gasteiger partial charge in [-0.3, -0.25) is 0 Å². The molecule has 21 heavy (non-hydrogen) atoms. The molecule has 3 rings (SSSR count). The van der Waals surface area contributed by atoms with Crippen molar-refractivity contribution in [1.29, 1.82) is 0 Å². The number of imidazole rings is 1. The lowest BCUT2D eigenvalue weighted by Gasteiger charge is -2.06. The lowest BCUT2D eigenvalue weighted by molar-refractivity contribution is 0.0697. The van der Waals surface area contributed by atoms with E-state index in [9.17, 15) is 4.79 Å². The standard InChI is InChI=1S/C17H16N2O2/c1-2-12-3-5-13(6-4-12)10-19-11-18-15-8-7-14(17(20)21)9-16(15)19/h3-9,11H,2,10H2,1H3,(H,20,21). The van der Waals surface area contributed by atoms with Gasteiger partial charge in [0.15, 0.2) is 0 Å². The van der Waals surface area contributed by atoms with Crippen LogP contribution in [-0.4, -0.2) is 20.6 Å². The van der Waals surface area contributed by atoms with Crippen molar-refractivity contribution in [3.8, 4) is 0 Å². The Hall–Kier alpha value is -2.62. The van der Waals surface area contributed by atoms with Gasteiger partial charge in [-0.05, 0) is 35.7 Å². The van der Waals surface area contributed by atoms with Gasteiger partial charge in [0.05, 0.1) is 22.9 Å². The highest BCUT2D eigenvalue weighted by atomic mass is 16.4. The van der Waals surface area contributed by atoms with Gasteiger partial charge in [-0.1, -0.05) is 31.2 Å². The van der Waals surface area contributed by atoms with Crippen LogP contribution in [0.4, 0.5) is 0 Å². The van der Waals surface area contributed by atoms with E-state index in [1.54, 1.807) is 24.5 Å². The van der Waals surface area contributed by atoms with E-state index in [1.807, 2.05) is 4.57 Å². The van der Waals surface area contributed by atoms with E-state index < -0.39 is 5.97 Å². The molecule has 0 amide bonds. The topological polar surface area (TPSA) is 55.1 Å². The van der Waals surface area contributed by atoms with Crippen molar-refractivity contribution >= 4 is 17.0 Å². The molecular weight excluding hydrogens is 264 g/mol. The minimum Gasteiger partial charge on any atom is -0.478 e. The van der Waals surface area contributed by atoms with Crippen LogP contribution in [0.1, 0.15) is 28.4 Å². The molecule has 0 aliphatic heterocycles. The fourth-order valence-corrected chi connectivity index (χ4v) is 2.39. The SMILES string of the molecule is CCc1ccc(Cn2cnc3ccc(C(=O)O)cc32)cc1. The summed E-state index contributed by atoms with van der Waals surface area (Å²) in [6.07, 6.45) is 2.78. The minimum absolute atomic E-state index is 0.283. The lowest BCUT2D eigenvalue weighted by Crippen LogP contribution is -2.00. The highest BCUT2D eigenvalue weighted by Crippen LogP contribution is 2.17. The molecule has 1 aromatic heterocycles. The summed E-state index contributed by atoms with van der Waals surface area (Å²) in [5.41, 5.74) is 4.42. The average molecular weight is 280 g/mol. The van der Waals surface area contributed by atoms with E-state index in [4.69, 9.17) is 5.11 Å². The number of benzene rings is 2. The van der Waals surface area contributed by atoms with Gasteiger partial charge in [0.1, 0.15) is 0 Å². The zero-order valence-electron chi connectivity index (χ0n) is 11.8. The van der Waals surface area contributed by atoms with Crippen molar-refractivity contribution < 1.29 is 9.90 Å². The number of aryl methyl sites for hydroxylation is 1. The monoisotopic (exact) mass is 280 g/mol. The number of hydrogen-bond acceptors (Lipinski definition) is 2. The first-order valence-electron chi connectivity index (χ1n) is 6.93.